The fraction of sp³-hybridized carbons (Fsp3) is 0.737. The number of urea groups is 1. The molecule has 0 saturated heterocycles. The Labute approximate surface area is 170 Å². The maximum absolute atomic E-state index is 12.9. The Kier molecular flexibility index (Phi) is 8.89. The number of carbonyl (C=O) groups is 2. The molecule has 1 aliphatic carbocycles. The Hall–Kier alpha value is -1.28. The SMILES string of the molecule is CC(C)CCN(C(=O)Nc1ncc(SCCC(=O)O)s1)[C@H]1CC[C@H](C)CC1. The summed E-state index contributed by atoms with van der Waals surface area (Å²) in [5.41, 5.74) is 0. The van der Waals surface area contributed by atoms with Crippen LogP contribution in [0.3, 0.4) is 0 Å². The van der Waals surface area contributed by atoms with Gasteiger partial charge in [-0.2, -0.15) is 0 Å². The zero-order chi connectivity index (χ0) is 19.8. The monoisotopic (exact) mass is 413 g/mol. The van der Waals surface area contributed by atoms with Gasteiger partial charge in [-0.1, -0.05) is 32.1 Å². The van der Waals surface area contributed by atoms with E-state index in [1.165, 1.54) is 35.9 Å². The number of amides is 2. The van der Waals surface area contributed by atoms with Crippen LogP contribution < -0.4 is 5.32 Å². The van der Waals surface area contributed by atoms with Gasteiger partial charge < -0.3 is 10.0 Å². The predicted octanol–water partition coefficient (Wildman–Crippen LogP) is 5.17. The van der Waals surface area contributed by atoms with Gasteiger partial charge in [-0.25, -0.2) is 9.78 Å². The molecule has 0 aliphatic heterocycles. The Bertz CT molecular complexity index is 613. The van der Waals surface area contributed by atoms with Gasteiger partial charge in [0.15, 0.2) is 5.13 Å². The third-order valence-electron chi connectivity index (χ3n) is 4.89. The van der Waals surface area contributed by atoms with Gasteiger partial charge in [0.1, 0.15) is 0 Å². The molecule has 8 heteroatoms. The van der Waals surface area contributed by atoms with Gasteiger partial charge in [0, 0.05) is 18.3 Å². The van der Waals surface area contributed by atoms with Gasteiger partial charge >= 0.3 is 12.0 Å². The number of nitrogens with one attached hydrogen (secondary N) is 1. The number of hydrogen-bond donors (Lipinski definition) is 2. The summed E-state index contributed by atoms with van der Waals surface area (Å²) in [5.74, 6) is 1.01. The highest BCUT2D eigenvalue weighted by Crippen LogP contribution is 2.30. The van der Waals surface area contributed by atoms with Crippen molar-refractivity contribution in [2.24, 2.45) is 11.8 Å². The molecule has 0 unspecified atom stereocenters. The number of aromatic nitrogens is 1. The summed E-state index contributed by atoms with van der Waals surface area (Å²) >= 11 is 2.86. The van der Waals surface area contributed by atoms with E-state index >= 15 is 0 Å². The number of aliphatic carboxylic acids is 1. The standard InChI is InChI=1S/C19H31N3O3S2/c1-13(2)8-10-22(15-6-4-14(3)5-7-15)19(25)21-18-20-12-17(27-18)26-11-9-16(23)24/h12-15H,4-11H2,1-3H3,(H,23,24)(H,20,21,25)/t14-,15-. The first-order valence-corrected chi connectivity index (χ1v) is 11.5. The van der Waals surface area contributed by atoms with Crippen molar-refractivity contribution < 1.29 is 14.7 Å². The quantitative estimate of drug-likeness (QED) is 0.546. The van der Waals surface area contributed by atoms with Crippen LogP contribution in [-0.4, -0.2) is 45.3 Å². The molecule has 1 fully saturated rings. The smallest absolute Gasteiger partial charge is 0.323 e. The maximum atomic E-state index is 12.9. The zero-order valence-corrected chi connectivity index (χ0v) is 18.1. The Balaban J connectivity index is 1.94. The second-order valence-electron chi connectivity index (χ2n) is 7.70. The lowest BCUT2D eigenvalue weighted by Gasteiger charge is -2.36. The molecule has 1 aliphatic rings. The lowest BCUT2D eigenvalue weighted by Crippen LogP contribution is -2.45. The van der Waals surface area contributed by atoms with Crippen LogP contribution in [0.1, 0.15) is 59.3 Å². The topological polar surface area (TPSA) is 82.5 Å². The number of carbonyl (C=O) groups excluding carboxylic acids is 1. The lowest BCUT2D eigenvalue weighted by atomic mass is 9.86. The number of hydrogen-bond acceptors (Lipinski definition) is 5. The van der Waals surface area contributed by atoms with Crippen LogP contribution in [0.2, 0.25) is 0 Å². The van der Waals surface area contributed by atoms with Crippen molar-refractivity contribution in [1.82, 2.24) is 9.88 Å². The molecule has 1 heterocycles. The second kappa shape index (κ2) is 10.9. The van der Waals surface area contributed by atoms with Gasteiger partial charge in [-0.15, -0.1) is 11.8 Å². The van der Waals surface area contributed by atoms with E-state index in [2.05, 4.69) is 31.1 Å². The van der Waals surface area contributed by atoms with E-state index in [0.717, 1.165) is 35.9 Å². The van der Waals surface area contributed by atoms with Crippen molar-refractivity contribution in [3.63, 3.8) is 0 Å². The van der Waals surface area contributed by atoms with Gasteiger partial charge in [0.2, 0.25) is 0 Å². The van der Waals surface area contributed by atoms with Crippen LogP contribution in [0.4, 0.5) is 9.93 Å². The van der Waals surface area contributed by atoms with E-state index in [1.807, 2.05) is 4.90 Å². The number of nitrogens with zero attached hydrogens (tertiary/aromatic N) is 2. The van der Waals surface area contributed by atoms with Crippen molar-refractivity contribution in [2.45, 2.75) is 69.5 Å². The lowest BCUT2D eigenvalue weighted by molar-refractivity contribution is -0.136. The van der Waals surface area contributed by atoms with Crippen molar-refractivity contribution in [3.05, 3.63) is 6.20 Å². The normalized spacial score (nSPS) is 19.9. The number of rotatable bonds is 9. The van der Waals surface area contributed by atoms with Crippen LogP contribution in [0.15, 0.2) is 10.4 Å². The summed E-state index contributed by atoms with van der Waals surface area (Å²) in [6.07, 6.45) is 7.31. The molecule has 2 rings (SSSR count). The van der Waals surface area contributed by atoms with E-state index in [4.69, 9.17) is 5.11 Å². The number of thioether (sulfide) groups is 1. The van der Waals surface area contributed by atoms with Crippen LogP contribution in [0, 0.1) is 11.8 Å². The van der Waals surface area contributed by atoms with E-state index < -0.39 is 5.97 Å². The highest BCUT2D eigenvalue weighted by Gasteiger charge is 2.28. The fourth-order valence-corrected chi connectivity index (χ4v) is 5.05. The minimum atomic E-state index is -0.803. The minimum Gasteiger partial charge on any atom is -0.481 e. The summed E-state index contributed by atoms with van der Waals surface area (Å²) < 4.78 is 0.923. The van der Waals surface area contributed by atoms with E-state index in [9.17, 15) is 9.59 Å². The Morgan fingerprint density at radius 2 is 2.07 bits per heavy atom. The number of thiazole rings is 1. The van der Waals surface area contributed by atoms with Crippen molar-refractivity contribution in [2.75, 3.05) is 17.6 Å². The molecule has 2 N–H and O–H groups in total. The first kappa shape index (κ1) is 22.0. The van der Waals surface area contributed by atoms with E-state index in [0.29, 0.717) is 22.8 Å². The summed E-state index contributed by atoms with van der Waals surface area (Å²) in [7, 11) is 0. The summed E-state index contributed by atoms with van der Waals surface area (Å²) in [6, 6.07) is 0.246. The minimum absolute atomic E-state index is 0.0633. The highest BCUT2D eigenvalue weighted by atomic mass is 32.2. The number of carboxylic acids is 1. The summed E-state index contributed by atoms with van der Waals surface area (Å²) in [4.78, 5) is 29.8. The Morgan fingerprint density at radius 3 is 2.70 bits per heavy atom. The molecule has 2 amide bonds. The third kappa shape index (κ3) is 7.70. The molecule has 0 bridgehead atoms. The van der Waals surface area contributed by atoms with Crippen molar-refractivity contribution in [1.29, 1.82) is 0 Å². The molecule has 0 spiro atoms. The van der Waals surface area contributed by atoms with Crippen LogP contribution in [-0.2, 0) is 4.79 Å². The van der Waals surface area contributed by atoms with Crippen molar-refractivity contribution >= 4 is 40.2 Å². The third-order valence-corrected chi connectivity index (χ3v) is 7.00. The molecule has 1 aromatic rings. The van der Waals surface area contributed by atoms with Gasteiger partial charge in [0.05, 0.1) is 16.8 Å². The molecule has 6 nitrogen and oxygen atoms in total. The number of anilines is 1. The summed E-state index contributed by atoms with van der Waals surface area (Å²) in [5, 5.41) is 12.3. The molecule has 152 valence electrons. The van der Waals surface area contributed by atoms with Gasteiger partial charge in [0.25, 0.3) is 0 Å². The molecule has 1 saturated carbocycles. The molecule has 0 radical (unpaired) electrons. The first-order valence-electron chi connectivity index (χ1n) is 9.73. The average molecular weight is 414 g/mol. The number of carboxylic acid groups (broad SMARTS) is 1. The van der Waals surface area contributed by atoms with Gasteiger partial charge in [-0.3, -0.25) is 10.1 Å². The molecular formula is C19H31N3O3S2. The Morgan fingerprint density at radius 1 is 1.37 bits per heavy atom. The highest BCUT2D eigenvalue weighted by molar-refractivity contribution is 8.01. The molecular weight excluding hydrogens is 382 g/mol. The predicted molar refractivity (Wildman–Crippen MR) is 112 cm³/mol. The van der Waals surface area contributed by atoms with Crippen LogP contribution in [0.25, 0.3) is 0 Å². The van der Waals surface area contributed by atoms with Crippen molar-refractivity contribution in [3.8, 4) is 0 Å². The largest absolute Gasteiger partial charge is 0.481 e. The zero-order valence-electron chi connectivity index (χ0n) is 16.4. The average Bonchev–Trinajstić information content (AvgIpc) is 3.03. The molecule has 0 atom stereocenters. The summed E-state index contributed by atoms with van der Waals surface area (Å²) in [6.45, 7) is 7.42. The second-order valence-corrected chi connectivity index (χ2v) is 10.1. The fourth-order valence-electron chi connectivity index (χ4n) is 3.19. The molecule has 27 heavy (non-hydrogen) atoms. The van der Waals surface area contributed by atoms with E-state index in [-0.39, 0.29) is 12.5 Å². The van der Waals surface area contributed by atoms with Gasteiger partial charge in [-0.05, 0) is 43.9 Å². The maximum Gasteiger partial charge on any atom is 0.323 e. The molecule has 1 aromatic heterocycles. The first-order chi connectivity index (χ1) is 12.8. The van der Waals surface area contributed by atoms with E-state index in [1.54, 1.807) is 6.20 Å². The molecule has 0 aromatic carbocycles. The van der Waals surface area contributed by atoms with Crippen LogP contribution in [0.5, 0.6) is 0 Å². The van der Waals surface area contributed by atoms with Crippen LogP contribution >= 0.6 is 23.1 Å².